The highest BCUT2D eigenvalue weighted by molar-refractivity contribution is 5.62. The third kappa shape index (κ3) is 3.44. The van der Waals surface area contributed by atoms with E-state index >= 15 is 0 Å². The van der Waals surface area contributed by atoms with E-state index in [4.69, 9.17) is 4.74 Å². The van der Waals surface area contributed by atoms with Crippen molar-refractivity contribution in [2.45, 2.75) is 33.0 Å². The van der Waals surface area contributed by atoms with E-state index in [1.165, 1.54) is 17.5 Å². The van der Waals surface area contributed by atoms with Crippen molar-refractivity contribution in [2.24, 2.45) is 0 Å². The van der Waals surface area contributed by atoms with Gasteiger partial charge in [-0.25, -0.2) is 0 Å². The molecule has 2 heterocycles. The Hall–Kier alpha value is -2.59. The van der Waals surface area contributed by atoms with E-state index in [0.29, 0.717) is 6.61 Å². The first-order chi connectivity index (χ1) is 12.3. The van der Waals surface area contributed by atoms with Gasteiger partial charge in [-0.3, -0.25) is 10.00 Å². The van der Waals surface area contributed by atoms with E-state index < -0.39 is 0 Å². The molecule has 0 amide bonds. The standard InChI is InChI=1S/C21H23N3O/c1-2-10-24-13-17-8-9-20(11-18(17)14-24)25-15-19-12-22-23-21(19)16-6-4-3-5-7-16/h3-9,11-12H,2,10,13-15H2,1H3,(H,22,23). The lowest BCUT2D eigenvalue weighted by atomic mass is 10.1. The number of ether oxygens (including phenoxy) is 1. The maximum atomic E-state index is 6.05. The van der Waals surface area contributed by atoms with Gasteiger partial charge in [0.1, 0.15) is 12.4 Å². The summed E-state index contributed by atoms with van der Waals surface area (Å²) in [4.78, 5) is 2.48. The minimum Gasteiger partial charge on any atom is -0.489 e. The van der Waals surface area contributed by atoms with Crippen molar-refractivity contribution < 1.29 is 4.74 Å². The number of nitrogens with one attached hydrogen (secondary N) is 1. The molecule has 3 aromatic rings. The predicted molar refractivity (Wildman–Crippen MR) is 99.2 cm³/mol. The summed E-state index contributed by atoms with van der Waals surface area (Å²) in [5.74, 6) is 0.928. The zero-order valence-electron chi connectivity index (χ0n) is 14.5. The lowest BCUT2D eigenvalue weighted by Gasteiger charge is -2.12. The van der Waals surface area contributed by atoms with Crippen molar-refractivity contribution in [3.05, 3.63) is 71.4 Å². The van der Waals surface area contributed by atoms with Gasteiger partial charge in [0, 0.05) is 18.7 Å². The molecule has 2 aromatic carbocycles. The van der Waals surface area contributed by atoms with Gasteiger partial charge in [0.05, 0.1) is 11.9 Å². The van der Waals surface area contributed by atoms with E-state index in [1.54, 1.807) is 0 Å². The van der Waals surface area contributed by atoms with Crippen molar-refractivity contribution in [2.75, 3.05) is 6.54 Å². The van der Waals surface area contributed by atoms with E-state index in [9.17, 15) is 0 Å². The van der Waals surface area contributed by atoms with Gasteiger partial charge in [-0.05, 0) is 41.8 Å². The minimum absolute atomic E-state index is 0.512. The first-order valence-electron chi connectivity index (χ1n) is 8.88. The first-order valence-corrected chi connectivity index (χ1v) is 8.88. The molecule has 0 fully saturated rings. The van der Waals surface area contributed by atoms with Crippen molar-refractivity contribution in [3.8, 4) is 17.0 Å². The monoisotopic (exact) mass is 333 g/mol. The highest BCUT2D eigenvalue weighted by Gasteiger charge is 2.18. The van der Waals surface area contributed by atoms with Gasteiger partial charge >= 0.3 is 0 Å². The van der Waals surface area contributed by atoms with E-state index in [1.807, 2.05) is 24.4 Å². The van der Waals surface area contributed by atoms with Gasteiger partial charge in [0.25, 0.3) is 0 Å². The summed E-state index contributed by atoms with van der Waals surface area (Å²) >= 11 is 0. The van der Waals surface area contributed by atoms with Crippen LogP contribution in [0.2, 0.25) is 0 Å². The molecule has 1 aliphatic rings. The number of hydrogen-bond donors (Lipinski definition) is 1. The summed E-state index contributed by atoms with van der Waals surface area (Å²) < 4.78 is 6.05. The molecule has 4 rings (SSSR count). The predicted octanol–water partition coefficient (Wildman–Crippen LogP) is 4.38. The number of benzene rings is 2. The second-order valence-corrected chi connectivity index (χ2v) is 6.57. The van der Waals surface area contributed by atoms with Crippen LogP contribution in [0, 0.1) is 0 Å². The number of fused-ring (bicyclic) bond motifs is 1. The molecule has 1 N–H and O–H groups in total. The fourth-order valence-electron chi connectivity index (χ4n) is 3.44. The Bertz CT molecular complexity index is 841. The molecule has 0 unspecified atom stereocenters. The lowest BCUT2D eigenvalue weighted by Crippen LogP contribution is -2.16. The zero-order chi connectivity index (χ0) is 17.1. The third-order valence-electron chi connectivity index (χ3n) is 4.68. The van der Waals surface area contributed by atoms with Crippen molar-refractivity contribution in [3.63, 3.8) is 0 Å². The minimum atomic E-state index is 0.512. The number of nitrogens with zero attached hydrogens (tertiary/aromatic N) is 2. The molecule has 4 nitrogen and oxygen atoms in total. The number of aromatic nitrogens is 2. The van der Waals surface area contributed by atoms with Crippen LogP contribution in [0.4, 0.5) is 0 Å². The van der Waals surface area contributed by atoms with Crippen LogP contribution in [0.1, 0.15) is 30.0 Å². The number of aromatic amines is 1. The van der Waals surface area contributed by atoms with Gasteiger partial charge in [0.15, 0.2) is 0 Å². The highest BCUT2D eigenvalue weighted by Crippen LogP contribution is 2.28. The maximum absolute atomic E-state index is 6.05. The van der Waals surface area contributed by atoms with Crippen molar-refractivity contribution in [1.29, 1.82) is 0 Å². The molecule has 0 bridgehead atoms. The van der Waals surface area contributed by atoms with Gasteiger partial charge < -0.3 is 4.74 Å². The Morgan fingerprint density at radius 1 is 1.08 bits per heavy atom. The highest BCUT2D eigenvalue weighted by atomic mass is 16.5. The average Bonchev–Trinajstić information content (AvgIpc) is 3.27. The van der Waals surface area contributed by atoms with Crippen LogP contribution < -0.4 is 4.74 Å². The average molecular weight is 333 g/mol. The maximum Gasteiger partial charge on any atom is 0.120 e. The van der Waals surface area contributed by atoms with Crippen LogP contribution in [-0.4, -0.2) is 21.6 Å². The fraction of sp³-hybridized carbons (Fsp3) is 0.286. The van der Waals surface area contributed by atoms with Crippen LogP contribution in [-0.2, 0) is 19.7 Å². The van der Waals surface area contributed by atoms with Gasteiger partial charge in [0.2, 0.25) is 0 Å². The summed E-state index contributed by atoms with van der Waals surface area (Å²) in [7, 11) is 0. The first kappa shape index (κ1) is 15.9. The molecule has 0 saturated carbocycles. The summed E-state index contributed by atoms with van der Waals surface area (Å²) in [6.07, 6.45) is 3.04. The number of H-pyrrole nitrogens is 1. The Labute approximate surface area is 148 Å². The van der Waals surface area contributed by atoms with Gasteiger partial charge in [-0.2, -0.15) is 5.10 Å². The molecule has 1 aromatic heterocycles. The molecular weight excluding hydrogens is 310 g/mol. The smallest absolute Gasteiger partial charge is 0.120 e. The number of rotatable bonds is 6. The van der Waals surface area contributed by atoms with Crippen molar-refractivity contribution in [1.82, 2.24) is 15.1 Å². The van der Waals surface area contributed by atoms with Crippen molar-refractivity contribution >= 4 is 0 Å². The Kier molecular flexibility index (Phi) is 4.53. The van der Waals surface area contributed by atoms with Crippen LogP contribution in [0.5, 0.6) is 5.75 Å². The molecule has 25 heavy (non-hydrogen) atoms. The molecule has 0 atom stereocenters. The van der Waals surface area contributed by atoms with Crippen LogP contribution in [0.3, 0.4) is 0 Å². The van der Waals surface area contributed by atoms with Crippen LogP contribution in [0.15, 0.2) is 54.7 Å². The molecule has 128 valence electrons. The fourth-order valence-corrected chi connectivity index (χ4v) is 3.44. The molecule has 4 heteroatoms. The molecule has 0 radical (unpaired) electrons. The Morgan fingerprint density at radius 2 is 1.92 bits per heavy atom. The zero-order valence-corrected chi connectivity index (χ0v) is 14.5. The quantitative estimate of drug-likeness (QED) is 0.728. The van der Waals surface area contributed by atoms with Gasteiger partial charge in [-0.15, -0.1) is 0 Å². The molecule has 0 saturated heterocycles. The largest absolute Gasteiger partial charge is 0.489 e. The van der Waals surface area contributed by atoms with Crippen LogP contribution in [0.25, 0.3) is 11.3 Å². The number of hydrogen-bond acceptors (Lipinski definition) is 3. The summed E-state index contributed by atoms with van der Waals surface area (Å²) in [5.41, 5.74) is 6.04. The summed E-state index contributed by atoms with van der Waals surface area (Å²) in [6, 6.07) is 16.7. The molecule has 1 aliphatic heterocycles. The second-order valence-electron chi connectivity index (χ2n) is 6.57. The Balaban J connectivity index is 1.45. The van der Waals surface area contributed by atoms with E-state index in [2.05, 4.69) is 52.4 Å². The topological polar surface area (TPSA) is 41.1 Å². The van der Waals surface area contributed by atoms with E-state index in [-0.39, 0.29) is 0 Å². The third-order valence-corrected chi connectivity index (χ3v) is 4.68. The SMILES string of the molecule is CCCN1Cc2ccc(OCc3cn[nH]c3-c3ccccc3)cc2C1. The van der Waals surface area contributed by atoms with Crippen LogP contribution >= 0.6 is 0 Å². The molecular formula is C21H23N3O. The normalized spacial score (nSPS) is 13.8. The summed E-state index contributed by atoms with van der Waals surface area (Å²) in [6.45, 7) is 5.98. The van der Waals surface area contributed by atoms with E-state index in [0.717, 1.165) is 42.2 Å². The lowest BCUT2D eigenvalue weighted by molar-refractivity contribution is 0.284. The Morgan fingerprint density at radius 3 is 2.76 bits per heavy atom. The van der Waals surface area contributed by atoms with Gasteiger partial charge in [-0.1, -0.05) is 43.3 Å². The molecule has 0 aliphatic carbocycles. The molecule has 0 spiro atoms. The summed E-state index contributed by atoms with van der Waals surface area (Å²) in [5, 5.41) is 7.27. The second kappa shape index (κ2) is 7.11.